The zero-order valence-electron chi connectivity index (χ0n) is 18.6. The third-order valence-corrected chi connectivity index (χ3v) is 5.29. The largest absolute Gasteiger partial charge is 0.385 e. The van der Waals surface area contributed by atoms with E-state index in [-0.39, 0.29) is 0 Å². The van der Waals surface area contributed by atoms with Gasteiger partial charge in [-0.1, -0.05) is 6.07 Å². The molecule has 1 aliphatic rings. The topological polar surface area (TPSA) is 76.8 Å². The van der Waals surface area contributed by atoms with E-state index < -0.39 is 0 Å². The van der Waals surface area contributed by atoms with Crippen LogP contribution in [0.25, 0.3) is 5.82 Å². The zero-order valence-corrected chi connectivity index (χ0v) is 18.6. The van der Waals surface area contributed by atoms with Gasteiger partial charge in [-0.3, -0.25) is 4.99 Å². The van der Waals surface area contributed by atoms with Crippen molar-refractivity contribution < 1.29 is 9.47 Å². The van der Waals surface area contributed by atoms with E-state index in [4.69, 9.17) is 9.47 Å². The Kier molecular flexibility index (Phi) is 8.21. The average molecular weight is 415 g/mol. The fraction of sp³-hybridized carbons (Fsp3) is 0.591. The van der Waals surface area contributed by atoms with Crippen molar-refractivity contribution in [3.05, 3.63) is 41.3 Å². The van der Waals surface area contributed by atoms with Crippen LogP contribution in [0.15, 0.2) is 29.4 Å². The standard InChI is InChI=1S/C22H34N6O2/c1-17-14-18(2)28(26-17)21-7-6-19(15-24-21)16-25-22(23-3)27-10-8-20(9-11-27)30-13-5-12-29-4/h6-7,14-15,20H,5,8-13,16H2,1-4H3,(H,23,25). The first-order chi connectivity index (χ1) is 14.6. The lowest BCUT2D eigenvalue weighted by molar-refractivity contribution is 0.00989. The van der Waals surface area contributed by atoms with Gasteiger partial charge in [0.2, 0.25) is 0 Å². The number of pyridine rings is 1. The highest BCUT2D eigenvalue weighted by atomic mass is 16.5. The lowest BCUT2D eigenvalue weighted by atomic mass is 10.1. The summed E-state index contributed by atoms with van der Waals surface area (Å²) in [6.45, 7) is 8.13. The third kappa shape index (κ3) is 6.03. The van der Waals surface area contributed by atoms with Gasteiger partial charge in [-0.05, 0) is 50.8 Å². The molecule has 1 aliphatic heterocycles. The van der Waals surface area contributed by atoms with Crippen molar-refractivity contribution in [1.29, 1.82) is 0 Å². The highest BCUT2D eigenvalue weighted by molar-refractivity contribution is 5.79. The van der Waals surface area contributed by atoms with E-state index >= 15 is 0 Å². The molecule has 0 aliphatic carbocycles. The molecular weight excluding hydrogens is 380 g/mol. The summed E-state index contributed by atoms with van der Waals surface area (Å²) in [5.74, 6) is 1.76. The van der Waals surface area contributed by atoms with E-state index in [0.29, 0.717) is 12.6 Å². The number of aryl methyl sites for hydroxylation is 2. The Balaban J connectivity index is 1.46. The number of ether oxygens (including phenoxy) is 2. The van der Waals surface area contributed by atoms with E-state index in [1.807, 2.05) is 37.8 Å². The molecule has 0 bridgehead atoms. The molecule has 8 nitrogen and oxygen atoms in total. The maximum atomic E-state index is 5.95. The van der Waals surface area contributed by atoms with Crippen LogP contribution in [0.4, 0.5) is 0 Å². The van der Waals surface area contributed by atoms with Crippen LogP contribution in [-0.4, -0.2) is 72.2 Å². The van der Waals surface area contributed by atoms with E-state index in [1.165, 1.54) is 0 Å². The van der Waals surface area contributed by atoms with Gasteiger partial charge in [0, 0.05) is 58.9 Å². The number of likely N-dealkylation sites (tertiary alicyclic amines) is 1. The van der Waals surface area contributed by atoms with E-state index in [0.717, 1.165) is 74.3 Å². The first kappa shape index (κ1) is 22.2. The monoisotopic (exact) mass is 414 g/mol. The summed E-state index contributed by atoms with van der Waals surface area (Å²) < 4.78 is 12.9. The van der Waals surface area contributed by atoms with Gasteiger partial charge in [-0.25, -0.2) is 9.67 Å². The summed E-state index contributed by atoms with van der Waals surface area (Å²) in [6, 6.07) is 6.14. The van der Waals surface area contributed by atoms with Gasteiger partial charge in [-0.15, -0.1) is 0 Å². The third-order valence-electron chi connectivity index (χ3n) is 5.29. The van der Waals surface area contributed by atoms with Crippen molar-refractivity contribution >= 4 is 5.96 Å². The Labute approximate surface area is 179 Å². The van der Waals surface area contributed by atoms with Crippen LogP contribution in [0, 0.1) is 13.8 Å². The molecule has 3 heterocycles. The normalized spacial score (nSPS) is 15.6. The van der Waals surface area contributed by atoms with Crippen molar-refractivity contribution in [3.8, 4) is 5.82 Å². The Hall–Kier alpha value is -2.45. The quantitative estimate of drug-likeness (QED) is 0.406. The molecule has 0 radical (unpaired) electrons. The molecule has 1 N–H and O–H groups in total. The number of nitrogens with one attached hydrogen (secondary N) is 1. The van der Waals surface area contributed by atoms with Crippen LogP contribution >= 0.6 is 0 Å². The van der Waals surface area contributed by atoms with Gasteiger partial charge < -0.3 is 19.7 Å². The Bertz CT molecular complexity index is 810. The van der Waals surface area contributed by atoms with Crippen LogP contribution in [-0.2, 0) is 16.0 Å². The fourth-order valence-electron chi connectivity index (χ4n) is 3.71. The minimum Gasteiger partial charge on any atom is -0.385 e. The van der Waals surface area contributed by atoms with Crippen LogP contribution in [0.2, 0.25) is 0 Å². The highest BCUT2D eigenvalue weighted by Crippen LogP contribution is 2.15. The van der Waals surface area contributed by atoms with Crippen LogP contribution in [0.3, 0.4) is 0 Å². The second-order valence-electron chi connectivity index (χ2n) is 7.67. The van der Waals surface area contributed by atoms with Gasteiger partial charge in [0.1, 0.15) is 0 Å². The van der Waals surface area contributed by atoms with Gasteiger partial charge in [-0.2, -0.15) is 5.10 Å². The van der Waals surface area contributed by atoms with Gasteiger partial charge in [0.25, 0.3) is 0 Å². The minimum absolute atomic E-state index is 0.336. The number of hydrogen-bond acceptors (Lipinski definition) is 5. The zero-order chi connectivity index (χ0) is 21.3. The molecule has 0 unspecified atom stereocenters. The predicted molar refractivity (Wildman–Crippen MR) is 118 cm³/mol. The summed E-state index contributed by atoms with van der Waals surface area (Å²) in [5.41, 5.74) is 3.18. The van der Waals surface area contributed by atoms with Crippen LogP contribution in [0.1, 0.15) is 36.2 Å². The number of nitrogens with zero attached hydrogens (tertiary/aromatic N) is 5. The first-order valence-corrected chi connectivity index (χ1v) is 10.7. The minimum atomic E-state index is 0.336. The van der Waals surface area contributed by atoms with Crippen LogP contribution in [0.5, 0.6) is 0 Å². The number of aliphatic imine (C=N–C) groups is 1. The smallest absolute Gasteiger partial charge is 0.193 e. The average Bonchev–Trinajstić information content (AvgIpc) is 3.11. The first-order valence-electron chi connectivity index (χ1n) is 10.7. The molecule has 0 atom stereocenters. The molecule has 2 aromatic heterocycles. The number of guanidine groups is 1. The maximum absolute atomic E-state index is 5.95. The second kappa shape index (κ2) is 11.1. The van der Waals surface area contributed by atoms with Crippen LogP contribution < -0.4 is 5.32 Å². The molecule has 30 heavy (non-hydrogen) atoms. The van der Waals surface area contributed by atoms with Crippen molar-refractivity contribution in [3.63, 3.8) is 0 Å². The van der Waals surface area contributed by atoms with Gasteiger partial charge in [0.05, 0.1) is 11.8 Å². The van der Waals surface area contributed by atoms with Gasteiger partial charge >= 0.3 is 0 Å². The number of methoxy groups -OCH3 is 1. The predicted octanol–water partition coefficient (Wildman–Crippen LogP) is 2.48. The summed E-state index contributed by atoms with van der Waals surface area (Å²) in [5, 5.41) is 7.95. The van der Waals surface area contributed by atoms with Crippen molar-refractivity contribution in [2.45, 2.75) is 45.8 Å². The van der Waals surface area contributed by atoms with Gasteiger partial charge in [0.15, 0.2) is 11.8 Å². The van der Waals surface area contributed by atoms with E-state index in [9.17, 15) is 0 Å². The van der Waals surface area contributed by atoms with Crippen molar-refractivity contribution in [2.24, 2.45) is 4.99 Å². The number of piperidine rings is 1. The molecule has 0 aromatic carbocycles. The molecule has 0 saturated carbocycles. The van der Waals surface area contributed by atoms with Crippen molar-refractivity contribution in [2.75, 3.05) is 40.5 Å². The Morgan fingerprint density at radius 2 is 2.03 bits per heavy atom. The number of hydrogen-bond donors (Lipinski definition) is 1. The Morgan fingerprint density at radius 3 is 2.63 bits per heavy atom. The molecule has 0 spiro atoms. The Morgan fingerprint density at radius 1 is 1.23 bits per heavy atom. The SMILES string of the molecule is CN=C(NCc1ccc(-n2nc(C)cc2C)nc1)N1CCC(OCCCOC)CC1. The second-order valence-corrected chi connectivity index (χ2v) is 7.67. The fourth-order valence-corrected chi connectivity index (χ4v) is 3.71. The summed E-state index contributed by atoms with van der Waals surface area (Å²) in [7, 11) is 3.56. The molecule has 8 heteroatoms. The molecular formula is C22H34N6O2. The molecule has 2 aromatic rings. The number of rotatable bonds is 8. The number of aromatic nitrogens is 3. The summed E-state index contributed by atoms with van der Waals surface area (Å²) in [4.78, 5) is 11.3. The highest BCUT2D eigenvalue weighted by Gasteiger charge is 2.21. The molecule has 1 saturated heterocycles. The maximum Gasteiger partial charge on any atom is 0.193 e. The lowest BCUT2D eigenvalue weighted by Crippen LogP contribution is -2.46. The summed E-state index contributed by atoms with van der Waals surface area (Å²) in [6.07, 6.45) is 5.22. The molecule has 3 rings (SSSR count). The lowest BCUT2D eigenvalue weighted by Gasteiger charge is -2.34. The van der Waals surface area contributed by atoms with Crippen molar-refractivity contribution in [1.82, 2.24) is 25.0 Å². The molecule has 164 valence electrons. The molecule has 0 amide bonds. The van der Waals surface area contributed by atoms with E-state index in [2.05, 4.69) is 37.4 Å². The molecule has 1 fully saturated rings. The van der Waals surface area contributed by atoms with E-state index in [1.54, 1.807) is 7.11 Å². The summed E-state index contributed by atoms with van der Waals surface area (Å²) >= 11 is 0.